The SMILES string of the molecule is Cn1nc(CC(O)c2ccnnc2)c2ccccc21. The van der Waals surface area contributed by atoms with Gasteiger partial charge in [0, 0.05) is 30.6 Å². The third kappa shape index (κ3) is 2.20. The molecule has 2 aromatic heterocycles. The van der Waals surface area contributed by atoms with E-state index in [4.69, 9.17) is 0 Å². The Morgan fingerprint density at radius 3 is 2.84 bits per heavy atom. The van der Waals surface area contributed by atoms with Gasteiger partial charge in [-0.15, -0.1) is 0 Å². The summed E-state index contributed by atoms with van der Waals surface area (Å²) in [4.78, 5) is 0. The maximum absolute atomic E-state index is 10.2. The summed E-state index contributed by atoms with van der Waals surface area (Å²) in [6, 6.07) is 9.77. The minimum atomic E-state index is -0.617. The molecule has 2 heterocycles. The number of fused-ring (bicyclic) bond motifs is 1. The average Bonchev–Trinajstić information content (AvgIpc) is 2.77. The minimum Gasteiger partial charge on any atom is -0.388 e. The first-order valence-electron chi connectivity index (χ1n) is 6.11. The molecule has 0 radical (unpaired) electrons. The van der Waals surface area contributed by atoms with Crippen LogP contribution in [0.4, 0.5) is 0 Å². The molecule has 0 saturated heterocycles. The summed E-state index contributed by atoms with van der Waals surface area (Å²) < 4.78 is 1.84. The number of para-hydroxylation sites is 1. The first-order valence-corrected chi connectivity index (χ1v) is 6.11. The predicted molar refractivity (Wildman–Crippen MR) is 71.4 cm³/mol. The summed E-state index contributed by atoms with van der Waals surface area (Å²) >= 11 is 0. The van der Waals surface area contributed by atoms with E-state index in [0.29, 0.717) is 6.42 Å². The molecule has 0 aliphatic carbocycles. The first-order chi connectivity index (χ1) is 9.25. The van der Waals surface area contributed by atoms with Gasteiger partial charge in [-0.2, -0.15) is 15.3 Å². The van der Waals surface area contributed by atoms with E-state index in [2.05, 4.69) is 15.3 Å². The lowest BCUT2D eigenvalue weighted by molar-refractivity contribution is 0.176. The number of nitrogens with zero attached hydrogens (tertiary/aromatic N) is 4. The van der Waals surface area contributed by atoms with Crippen LogP contribution < -0.4 is 0 Å². The molecule has 5 nitrogen and oxygen atoms in total. The Morgan fingerprint density at radius 1 is 1.21 bits per heavy atom. The molecule has 0 bridgehead atoms. The number of aliphatic hydroxyl groups is 1. The molecule has 0 spiro atoms. The molecule has 0 saturated carbocycles. The Morgan fingerprint density at radius 2 is 2.05 bits per heavy atom. The second-order valence-corrected chi connectivity index (χ2v) is 4.48. The molecule has 1 aromatic carbocycles. The van der Waals surface area contributed by atoms with E-state index >= 15 is 0 Å². The Kier molecular flexibility index (Phi) is 2.97. The third-order valence-electron chi connectivity index (χ3n) is 3.21. The van der Waals surface area contributed by atoms with Gasteiger partial charge in [0.1, 0.15) is 0 Å². The fourth-order valence-electron chi connectivity index (χ4n) is 2.24. The quantitative estimate of drug-likeness (QED) is 0.771. The highest BCUT2D eigenvalue weighted by Crippen LogP contribution is 2.23. The van der Waals surface area contributed by atoms with Gasteiger partial charge in [-0.25, -0.2) is 0 Å². The van der Waals surface area contributed by atoms with Crippen LogP contribution in [0.2, 0.25) is 0 Å². The maximum atomic E-state index is 10.2. The molecule has 1 unspecified atom stereocenters. The van der Waals surface area contributed by atoms with Crippen LogP contribution in [-0.4, -0.2) is 25.1 Å². The highest BCUT2D eigenvalue weighted by atomic mass is 16.3. The van der Waals surface area contributed by atoms with E-state index in [1.165, 1.54) is 0 Å². The topological polar surface area (TPSA) is 63.8 Å². The van der Waals surface area contributed by atoms with Gasteiger partial charge in [0.05, 0.1) is 23.5 Å². The smallest absolute Gasteiger partial charge is 0.0862 e. The maximum Gasteiger partial charge on any atom is 0.0862 e. The lowest BCUT2D eigenvalue weighted by atomic mass is 10.1. The molecule has 3 rings (SSSR count). The second kappa shape index (κ2) is 4.78. The van der Waals surface area contributed by atoms with Gasteiger partial charge in [-0.3, -0.25) is 4.68 Å². The molecule has 0 aliphatic rings. The van der Waals surface area contributed by atoms with Crippen molar-refractivity contribution < 1.29 is 5.11 Å². The van der Waals surface area contributed by atoms with E-state index in [9.17, 15) is 5.11 Å². The van der Waals surface area contributed by atoms with Crippen molar-refractivity contribution in [3.8, 4) is 0 Å². The van der Waals surface area contributed by atoms with Crippen molar-refractivity contribution in [1.29, 1.82) is 0 Å². The van der Waals surface area contributed by atoms with Gasteiger partial charge in [0.15, 0.2) is 0 Å². The molecular weight excluding hydrogens is 240 g/mol. The third-order valence-corrected chi connectivity index (χ3v) is 3.21. The molecule has 0 aliphatic heterocycles. The van der Waals surface area contributed by atoms with Crippen LogP contribution >= 0.6 is 0 Å². The molecule has 0 amide bonds. The summed E-state index contributed by atoms with van der Waals surface area (Å²) in [5, 5.41) is 23.3. The number of aryl methyl sites for hydroxylation is 1. The van der Waals surface area contributed by atoms with Crippen LogP contribution in [-0.2, 0) is 13.5 Å². The van der Waals surface area contributed by atoms with E-state index in [0.717, 1.165) is 22.2 Å². The van der Waals surface area contributed by atoms with Crippen molar-refractivity contribution in [2.45, 2.75) is 12.5 Å². The van der Waals surface area contributed by atoms with Gasteiger partial charge in [-0.1, -0.05) is 18.2 Å². The van der Waals surface area contributed by atoms with Crippen molar-refractivity contribution in [2.24, 2.45) is 7.05 Å². The van der Waals surface area contributed by atoms with E-state index in [-0.39, 0.29) is 0 Å². The minimum absolute atomic E-state index is 0.465. The Hall–Kier alpha value is -2.27. The lowest BCUT2D eigenvalue weighted by Crippen LogP contribution is -2.04. The summed E-state index contributed by atoms with van der Waals surface area (Å²) in [5.74, 6) is 0. The molecule has 0 fully saturated rings. The zero-order chi connectivity index (χ0) is 13.2. The summed E-state index contributed by atoms with van der Waals surface area (Å²) in [6.45, 7) is 0. The lowest BCUT2D eigenvalue weighted by Gasteiger charge is -2.08. The summed E-state index contributed by atoms with van der Waals surface area (Å²) in [7, 11) is 1.91. The predicted octanol–water partition coefficient (Wildman–Crippen LogP) is 1.64. The van der Waals surface area contributed by atoms with E-state index in [1.54, 1.807) is 18.5 Å². The first kappa shape index (κ1) is 11.8. The second-order valence-electron chi connectivity index (χ2n) is 4.48. The van der Waals surface area contributed by atoms with Crippen LogP contribution in [0, 0.1) is 0 Å². The van der Waals surface area contributed by atoms with Gasteiger partial charge in [0.25, 0.3) is 0 Å². The number of aliphatic hydroxyl groups excluding tert-OH is 1. The Labute approximate surface area is 110 Å². The molecule has 3 aromatic rings. The van der Waals surface area contributed by atoms with Crippen LogP contribution in [0.5, 0.6) is 0 Å². The number of hydrogen-bond donors (Lipinski definition) is 1. The molecule has 1 atom stereocenters. The van der Waals surface area contributed by atoms with Crippen molar-refractivity contribution in [1.82, 2.24) is 20.0 Å². The molecular formula is C14H14N4O. The number of hydrogen-bond acceptors (Lipinski definition) is 4. The van der Waals surface area contributed by atoms with E-state index in [1.807, 2.05) is 36.0 Å². The fraction of sp³-hybridized carbons (Fsp3) is 0.214. The number of rotatable bonds is 3. The number of aromatic nitrogens is 4. The fourth-order valence-corrected chi connectivity index (χ4v) is 2.24. The average molecular weight is 254 g/mol. The van der Waals surface area contributed by atoms with Crippen LogP contribution in [0.1, 0.15) is 17.4 Å². The highest BCUT2D eigenvalue weighted by Gasteiger charge is 2.14. The van der Waals surface area contributed by atoms with Gasteiger partial charge in [-0.05, 0) is 12.1 Å². The molecule has 1 N–H and O–H groups in total. The van der Waals surface area contributed by atoms with Gasteiger partial charge in [0.2, 0.25) is 0 Å². The van der Waals surface area contributed by atoms with Crippen molar-refractivity contribution in [3.63, 3.8) is 0 Å². The van der Waals surface area contributed by atoms with Crippen LogP contribution in [0.3, 0.4) is 0 Å². The van der Waals surface area contributed by atoms with Crippen molar-refractivity contribution in [3.05, 3.63) is 54.0 Å². The largest absolute Gasteiger partial charge is 0.388 e. The van der Waals surface area contributed by atoms with Gasteiger partial charge < -0.3 is 5.11 Å². The summed E-state index contributed by atoms with van der Waals surface area (Å²) in [6.07, 6.45) is 3.01. The van der Waals surface area contributed by atoms with Crippen LogP contribution in [0.25, 0.3) is 10.9 Å². The molecule has 5 heteroatoms. The van der Waals surface area contributed by atoms with Crippen molar-refractivity contribution in [2.75, 3.05) is 0 Å². The number of benzene rings is 1. The van der Waals surface area contributed by atoms with Crippen LogP contribution in [0.15, 0.2) is 42.7 Å². The Bertz CT molecular complexity index is 693. The highest BCUT2D eigenvalue weighted by molar-refractivity contribution is 5.81. The van der Waals surface area contributed by atoms with Crippen molar-refractivity contribution >= 4 is 10.9 Å². The summed E-state index contributed by atoms with van der Waals surface area (Å²) in [5.41, 5.74) is 2.71. The molecule has 19 heavy (non-hydrogen) atoms. The van der Waals surface area contributed by atoms with E-state index < -0.39 is 6.10 Å². The molecule has 96 valence electrons. The van der Waals surface area contributed by atoms with Gasteiger partial charge >= 0.3 is 0 Å². The zero-order valence-electron chi connectivity index (χ0n) is 10.6. The zero-order valence-corrected chi connectivity index (χ0v) is 10.6. The monoisotopic (exact) mass is 254 g/mol. The standard InChI is InChI=1S/C14H14N4O/c1-18-13-5-3-2-4-11(13)12(17-18)8-14(19)10-6-7-15-16-9-10/h2-7,9,14,19H,8H2,1H3. The Balaban J connectivity index is 1.94. The normalized spacial score (nSPS) is 12.7.